The molecular formula is C24H17Cl2Zr. The van der Waals surface area contributed by atoms with Gasteiger partial charge in [0.2, 0.25) is 0 Å². The van der Waals surface area contributed by atoms with Crippen molar-refractivity contribution in [3.63, 3.8) is 0 Å². The molecule has 4 aromatic rings. The van der Waals surface area contributed by atoms with Crippen molar-refractivity contribution in [2.75, 3.05) is 0 Å². The predicted molar refractivity (Wildman–Crippen MR) is 116 cm³/mol. The molecule has 0 nitrogen and oxygen atoms in total. The number of benzene rings is 4. The molecule has 0 atom stereocenters. The summed E-state index contributed by atoms with van der Waals surface area (Å²) >= 11 is -0.826. The molecule has 0 aromatic heterocycles. The molecule has 0 bridgehead atoms. The number of rotatable bonds is 1. The molecule has 0 saturated carbocycles. The van der Waals surface area contributed by atoms with Crippen LogP contribution in [0.5, 0.6) is 0 Å². The topological polar surface area (TPSA) is 0 Å². The normalized spacial score (nSPS) is 12.3. The summed E-state index contributed by atoms with van der Waals surface area (Å²) in [4.78, 5) is 0. The van der Waals surface area contributed by atoms with Gasteiger partial charge < -0.3 is 0 Å². The van der Waals surface area contributed by atoms with Gasteiger partial charge in [0.25, 0.3) is 0 Å². The Hall–Kier alpha value is -1.40. The van der Waals surface area contributed by atoms with E-state index in [-0.39, 0.29) is 0 Å². The van der Waals surface area contributed by atoms with Crippen LogP contribution in [0.4, 0.5) is 0 Å². The molecule has 1 radical (unpaired) electrons. The van der Waals surface area contributed by atoms with Gasteiger partial charge in [-0.1, -0.05) is 66.2 Å². The van der Waals surface area contributed by atoms with E-state index in [1.165, 1.54) is 49.4 Å². The molecule has 4 aromatic carbocycles. The summed E-state index contributed by atoms with van der Waals surface area (Å²) in [6, 6.07) is 26.5. The van der Waals surface area contributed by atoms with Crippen molar-refractivity contribution in [2.45, 2.75) is 6.92 Å². The molecule has 0 spiro atoms. The molecule has 0 unspecified atom stereocenters. The maximum atomic E-state index is 4.93. The van der Waals surface area contributed by atoms with Crippen molar-refractivity contribution < 1.29 is 20.8 Å². The molecule has 0 heterocycles. The molecular weight excluding hydrogens is 450 g/mol. The summed E-state index contributed by atoms with van der Waals surface area (Å²) in [7, 11) is 9.87. The first-order valence-corrected chi connectivity index (χ1v) is 15.1. The average molecular weight is 468 g/mol. The number of hydrogen-bond acceptors (Lipinski definition) is 0. The van der Waals surface area contributed by atoms with E-state index in [1.807, 2.05) is 0 Å². The van der Waals surface area contributed by atoms with Gasteiger partial charge in [0.1, 0.15) is 0 Å². The molecule has 0 N–H and O–H groups in total. The fourth-order valence-corrected chi connectivity index (χ4v) is 3.74. The van der Waals surface area contributed by atoms with Gasteiger partial charge in [-0.3, -0.25) is 0 Å². The molecule has 27 heavy (non-hydrogen) atoms. The maximum absolute atomic E-state index is 4.93. The summed E-state index contributed by atoms with van der Waals surface area (Å²) in [5.74, 6) is 0. The Labute approximate surface area is 178 Å². The summed E-state index contributed by atoms with van der Waals surface area (Å²) in [6.07, 6.45) is 4.54. The monoisotopic (exact) mass is 465 g/mol. The van der Waals surface area contributed by atoms with Gasteiger partial charge in [0.15, 0.2) is 0 Å². The van der Waals surface area contributed by atoms with Crippen LogP contribution in [-0.4, -0.2) is 0 Å². The van der Waals surface area contributed by atoms with Gasteiger partial charge in [0, 0.05) is 6.42 Å². The minimum absolute atomic E-state index is 0.826. The van der Waals surface area contributed by atoms with Gasteiger partial charge in [-0.05, 0) is 68.9 Å². The van der Waals surface area contributed by atoms with Crippen molar-refractivity contribution in [1.82, 2.24) is 0 Å². The first-order chi connectivity index (χ1) is 13.2. The van der Waals surface area contributed by atoms with Crippen LogP contribution in [0.3, 0.4) is 0 Å². The number of allylic oxidation sites excluding steroid dienone is 1. The zero-order chi connectivity index (χ0) is 18.8. The van der Waals surface area contributed by atoms with Crippen LogP contribution in [0.25, 0.3) is 38.7 Å². The predicted octanol–water partition coefficient (Wildman–Crippen LogP) is 8.01. The van der Waals surface area contributed by atoms with Crippen LogP contribution in [0.2, 0.25) is 0 Å². The van der Waals surface area contributed by atoms with Gasteiger partial charge in [-0.15, -0.1) is 0 Å². The van der Waals surface area contributed by atoms with Gasteiger partial charge in [0.05, 0.1) is 0 Å². The zero-order valence-electron chi connectivity index (χ0n) is 14.8. The zero-order valence-corrected chi connectivity index (χ0v) is 18.8. The number of hydrogen-bond donors (Lipinski definition) is 0. The van der Waals surface area contributed by atoms with Crippen LogP contribution in [0.1, 0.15) is 18.1 Å². The fourth-order valence-electron chi connectivity index (χ4n) is 3.74. The van der Waals surface area contributed by atoms with Crippen LogP contribution in [0.15, 0.2) is 78.4 Å². The van der Waals surface area contributed by atoms with Gasteiger partial charge >= 0.3 is 37.9 Å². The quantitative estimate of drug-likeness (QED) is 0.249. The van der Waals surface area contributed by atoms with Crippen molar-refractivity contribution in [1.29, 1.82) is 0 Å². The van der Waals surface area contributed by atoms with Crippen LogP contribution in [0, 0.1) is 6.42 Å². The molecule has 131 valence electrons. The van der Waals surface area contributed by atoms with Crippen LogP contribution in [-0.2, 0) is 20.8 Å². The Morgan fingerprint density at radius 1 is 0.704 bits per heavy atom. The summed E-state index contributed by atoms with van der Waals surface area (Å²) < 4.78 is 0. The Balaban J connectivity index is 0.000000565. The molecule has 0 saturated heterocycles. The fraction of sp³-hybridized carbons (Fsp3) is 0.0417. The van der Waals surface area contributed by atoms with E-state index < -0.39 is 20.8 Å². The second kappa shape index (κ2) is 8.31. The molecule has 1 aliphatic carbocycles. The van der Waals surface area contributed by atoms with Crippen molar-refractivity contribution in [3.8, 4) is 11.1 Å². The van der Waals surface area contributed by atoms with Crippen LogP contribution < -0.4 is 0 Å². The summed E-state index contributed by atoms with van der Waals surface area (Å²) in [6.45, 7) is 2.16. The van der Waals surface area contributed by atoms with Crippen molar-refractivity contribution in [2.24, 2.45) is 0 Å². The first-order valence-electron chi connectivity index (χ1n) is 8.75. The Bertz CT molecular complexity index is 1160. The Morgan fingerprint density at radius 2 is 1.37 bits per heavy atom. The second-order valence-corrected chi connectivity index (χ2v) is 10.4. The SMILES string of the molecule is CC1=Cc2c(cccc2-c2ccc3cc4ccccc4cc3c2)[CH]1.[Cl][Zr][Cl]. The average Bonchev–Trinajstić information content (AvgIpc) is 3.06. The van der Waals surface area contributed by atoms with Gasteiger partial charge in [-0.2, -0.15) is 0 Å². The van der Waals surface area contributed by atoms with E-state index in [0.717, 1.165) is 0 Å². The molecule has 5 rings (SSSR count). The molecule has 0 fully saturated rings. The van der Waals surface area contributed by atoms with Crippen LogP contribution >= 0.6 is 17.0 Å². The van der Waals surface area contributed by atoms with Crippen molar-refractivity contribution >= 4 is 44.6 Å². The molecule has 3 heteroatoms. The third-order valence-electron chi connectivity index (χ3n) is 4.91. The van der Waals surface area contributed by atoms with E-state index in [1.54, 1.807) is 0 Å². The summed E-state index contributed by atoms with van der Waals surface area (Å²) in [5.41, 5.74) is 6.59. The standard InChI is InChI=1S/C24H17.2ClH.Zr/c1-16-11-20-7-4-8-23(24(20)12-16)21-10-9-19-13-17-5-2-3-6-18(17)14-22(19)15-21;;;/h2-15H,1H3;2*1H;/q;;;+2/p-2. The number of halogens is 2. The molecule has 0 amide bonds. The minimum atomic E-state index is -0.826. The van der Waals surface area contributed by atoms with E-state index in [4.69, 9.17) is 17.0 Å². The Kier molecular flexibility index (Phi) is 5.83. The third kappa shape index (κ3) is 3.92. The van der Waals surface area contributed by atoms with Crippen molar-refractivity contribution in [3.05, 3.63) is 95.9 Å². The first kappa shape index (κ1) is 18.9. The van der Waals surface area contributed by atoms with E-state index in [9.17, 15) is 0 Å². The molecule has 0 aliphatic heterocycles. The van der Waals surface area contributed by atoms with E-state index >= 15 is 0 Å². The third-order valence-corrected chi connectivity index (χ3v) is 4.91. The second-order valence-electron chi connectivity index (χ2n) is 6.67. The molecule has 1 aliphatic rings. The number of fused-ring (bicyclic) bond motifs is 3. The van der Waals surface area contributed by atoms with E-state index in [0.29, 0.717) is 0 Å². The Morgan fingerprint density at radius 3 is 2.11 bits per heavy atom. The summed E-state index contributed by atoms with van der Waals surface area (Å²) in [5, 5.41) is 5.19. The van der Waals surface area contributed by atoms with E-state index in [2.05, 4.69) is 92.2 Å². The van der Waals surface area contributed by atoms with Gasteiger partial charge in [-0.25, -0.2) is 0 Å².